The Morgan fingerprint density at radius 3 is 2.53 bits per heavy atom. The van der Waals surface area contributed by atoms with E-state index in [9.17, 15) is 9.59 Å². The van der Waals surface area contributed by atoms with Crippen LogP contribution < -0.4 is 0 Å². The number of hydrogen-bond acceptors (Lipinski definition) is 4. The van der Waals surface area contributed by atoms with Gasteiger partial charge < -0.3 is 4.74 Å². The molecule has 0 N–H and O–H groups in total. The van der Waals surface area contributed by atoms with Crippen molar-refractivity contribution >= 4 is 12.0 Å². The Morgan fingerprint density at radius 2 is 1.95 bits per heavy atom. The van der Waals surface area contributed by atoms with Crippen LogP contribution in [0.3, 0.4) is 0 Å². The van der Waals surface area contributed by atoms with Crippen molar-refractivity contribution in [1.29, 1.82) is 0 Å². The normalized spacial score (nSPS) is 23.8. The Hall–Kier alpha value is -1.30. The summed E-state index contributed by atoms with van der Waals surface area (Å²) in [5.74, 6) is -0.124. The molecule has 0 aromatic rings. The first-order valence-corrected chi connectivity index (χ1v) is 6.82. The fraction of sp³-hybridized carbons (Fsp3) is 0.846. The van der Waals surface area contributed by atoms with Crippen LogP contribution in [-0.4, -0.2) is 53.3 Å². The largest absolute Gasteiger partial charge is 0.444 e. The predicted molar refractivity (Wildman–Crippen MR) is 68.2 cm³/mol. The van der Waals surface area contributed by atoms with Crippen LogP contribution in [0.4, 0.5) is 4.79 Å². The molecule has 0 aromatic heterocycles. The van der Waals surface area contributed by atoms with Crippen LogP contribution in [0.15, 0.2) is 0 Å². The monoisotopic (exact) mass is 270 g/mol. The second-order valence-electron chi connectivity index (χ2n) is 5.96. The van der Waals surface area contributed by atoms with E-state index in [0.717, 1.165) is 12.8 Å². The molecule has 0 aromatic carbocycles. The average molecular weight is 270 g/mol. The highest BCUT2D eigenvalue weighted by Gasteiger charge is 2.39. The summed E-state index contributed by atoms with van der Waals surface area (Å²) in [6.07, 6.45) is 1.94. The standard InChI is InChI=1S/C13H22N2O4/c1-13(2,3)19-12(17)14-7-4-6-10(14)11(16)15-8-5-9-18-15/h10H,4-9H2,1-3H3/t10-/m0/s1. The Labute approximate surface area is 113 Å². The molecule has 2 saturated heterocycles. The van der Waals surface area contributed by atoms with E-state index in [4.69, 9.17) is 9.57 Å². The quantitative estimate of drug-likeness (QED) is 0.725. The summed E-state index contributed by atoms with van der Waals surface area (Å²) in [5.41, 5.74) is -0.544. The van der Waals surface area contributed by atoms with Crippen molar-refractivity contribution in [2.24, 2.45) is 0 Å². The molecule has 2 aliphatic heterocycles. The number of hydroxylamine groups is 2. The molecule has 0 bridgehead atoms. The van der Waals surface area contributed by atoms with Gasteiger partial charge in [0, 0.05) is 6.54 Å². The van der Waals surface area contributed by atoms with Gasteiger partial charge in [0.2, 0.25) is 0 Å². The molecule has 6 heteroatoms. The van der Waals surface area contributed by atoms with E-state index in [0.29, 0.717) is 26.1 Å². The zero-order valence-corrected chi connectivity index (χ0v) is 11.8. The minimum Gasteiger partial charge on any atom is -0.444 e. The average Bonchev–Trinajstić information content (AvgIpc) is 2.97. The third-order valence-electron chi connectivity index (χ3n) is 3.16. The number of ether oxygens (including phenoxy) is 1. The van der Waals surface area contributed by atoms with Crippen LogP contribution in [-0.2, 0) is 14.4 Å². The molecule has 0 spiro atoms. The SMILES string of the molecule is CC(C)(C)OC(=O)N1CCC[C@H]1C(=O)N1CCCO1. The van der Waals surface area contributed by atoms with Gasteiger partial charge in [-0.1, -0.05) is 0 Å². The second kappa shape index (κ2) is 5.36. The Kier molecular flexibility index (Phi) is 3.99. The van der Waals surface area contributed by atoms with E-state index in [-0.39, 0.29) is 5.91 Å². The number of nitrogens with zero attached hydrogens (tertiary/aromatic N) is 2. The fourth-order valence-electron chi connectivity index (χ4n) is 2.35. The maximum atomic E-state index is 12.3. The molecule has 2 rings (SSSR count). The summed E-state index contributed by atoms with van der Waals surface area (Å²) in [4.78, 5) is 31.1. The van der Waals surface area contributed by atoms with Gasteiger partial charge in [-0.3, -0.25) is 14.5 Å². The summed E-state index contributed by atoms with van der Waals surface area (Å²) >= 11 is 0. The maximum Gasteiger partial charge on any atom is 0.410 e. The number of carbonyl (C=O) groups is 2. The molecule has 0 aliphatic carbocycles. The smallest absolute Gasteiger partial charge is 0.410 e. The van der Waals surface area contributed by atoms with Crippen molar-refractivity contribution in [3.05, 3.63) is 0 Å². The first kappa shape index (κ1) is 14.1. The summed E-state index contributed by atoms with van der Waals surface area (Å²) in [7, 11) is 0. The first-order valence-electron chi connectivity index (χ1n) is 6.82. The van der Waals surface area contributed by atoms with Gasteiger partial charge >= 0.3 is 6.09 Å². The molecule has 108 valence electrons. The van der Waals surface area contributed by atoms with E-state index in [1.165, 1.54) is 9.96 Å². The molecule has 19 heavy (non-hydrogen) atoms. The Balaban J connectivity index is 2.00. The van der Waals surface area contributed by atoms with Crippen LogP contribution in [0, 0.1) is 0 Å². The lowest BCUT2D eigenvalue weighted by Gasteiger charge is -2.29. The molecule has 2 amide bonds. The molecule has 2 aliphatic rings. The molecule has 6 nitrogen and oxygen atoms in total. The van der Waals surface area contributed by atoms with E-state index >= 15 is 0 Å². The number of carbonyl (C=O) groups excluding carboxylic acids is 2. The minimum absolute atomic E-state index is 0.124. The summed E-state index contributed by atoms with van der Waals surface area (Å²) in [5, 5.41) is 1.38. The lowest BCUT2D eigenvalue weighted by Crippen LogP contribution is -2.48. The van der Waals surface area contributed by atoms with Crippen LogP contribution in [0.2, 0.25) is 0 Å². The van der Waals surface area contributed by atoms with Crippen LogP contribution in [0.25, 0.3) is 0 Å². The van der Waals surface area contributed by atoms with E-state index in [1.807, 2.05) is 20.8 Å². The third-order valence-corrected chi connectivity index (χ3v) is 3.16. The lowest BCUT2D eigenvalue weighted by molar-refractivity contribution is -0.173. The van der Waals surface area contributed by atoms with Crippen LogP contribution in [0.1, 0.15) is 40.0 Å². The summed E-state index contributed by atoms with van der Waals surface area (Å²) < 4.78 is 5.34. The van der Waals surface area contributed by atoms with Crippen molar-refractivity contribution in [2.45, 2.75) is 51.7 Å². The van der Waals surface area contributed by atoms with Gasteiger partial charge in [0.05, 0.1) is 13.2 Å². The number of likely N-dealkylation sites (tertiary alicyclic amines) is 1. The van der Waals surface area contributed by atoms with E-state index in [2.05, 4.69) is 0 Å². The highest BCUT2D eigenvalue weighted by Crippen LogP contribution is 2.23. The first-order chi connectivity index (χ1) is 8.88. The van der Waals surface area contributed by atoms with Gasteiger partial charge in [-0.05, 0) is 40.0 Å². The van der Waals surface area contributed by atoms with Crippen molar-refractivity contribution in [3.63, 3.8) is 0 Å². The second-order valence-corrected chi connectivity index (χ2v) is 5.96. The molecule has 0 unspecified atom stereocenters. The maximum absolute atomic E-state index is 12.3. The van der Waals surface area contributed by atoms with Gasteiger partial charge in [0.1, 0.15) is 11.6 Å². The van der Waals surface area contributed by atoms with E-state index < -0.39 is 17.7 Å². The third kappa shape index (κ3) is 3.37. The molecule has 2 heterocycles. The lowest BCUT2D eigenvalue weighted by atomic mass is 10.2. The van der Waals surface area contributed by atoms with Gasteiger partial charge in [-0.25, -0.2) is 9.86 Å². The summed E-state index contributed by atoms with van der Waals surface area (Å²) in [6.45, 7) is 7.21. The van der Waals surface area contributed by atoms with Gasteiger partial charge in [0.25, 0.3) is 5.91 Å². The summed E-state index contributed by atoms with van der Waals surface area (Å²) in [6, 6.07) is -0.437. The van der Waals surface area contributed by atoms with Gasteiger partial charge in [0.15, 0.2) is 0 Å². The van der Waals surface area contributed by atoms with Crippen molar-refractivity contribution in [2.75, 3.05) is 19.7 Å². The Bertz CT molecular complexity index is 358. The van der Waals surface area contributed by atoms with Gasteiger partial charge in [-0.2, -0.15) is 0 Å². The fourth-order valence-corrected chi connectivity index (χ4v) is 2.35. The van der Waals surface area contributed by atoms with Crippen molar-refractivity contribution in [3.8, 4) is 0 Å². The highest BCUT2D eigenvalue weighted by atomic mass is 16.7. The van der Waals surface area contributed by atoms with Crippen molar-refractivity contribution < 1.29 is 19.2 Å². The highest BCUT2D eigenvalue weighted by molar-refractivity contribution is 5.85. The number of hydrogen-bond donors (Lipinski definition) is 0. The topological polar surface area (TPSA) is 59.1 Å². The molecule has 0 saturated carbocycles. The number of rotatable bonds is 1. The zero-order valence-electron chi connectivity index (χ0n) is 11.8. The molecule has 2 fully saturated rings. The molecular formula is C13H22N2O4. The molecule has 0 radical (unpaired) electrons. The molecule has 1 atom stereocenters. The molecular weight excluding hydrogens is 248 g/mol. The predicted octanol–water partition coefficient (Wildman–Crippen LogP) is 1.55. The Morgan fingerprint density at radius 1 is 1.21 bits per heavy atom. The van der Waals surface area contributed by atoms with Crippen LogP contribution in [0.5, 0.6) is 0 Å². The van der Waals surface area contributed by atoms with Crippen molar-refractivity contribution in [1.82, 2.24) is 9.96 Å². The zero-order chi connectivity index (χ0) is 14.0. The van der Waals surface area contributed by atoms with E-state index in [1.54, 1.807) is 0 Å². The van der Waals surface area contributed by atoms with Gasteiger partial charge in [-0.15, -0.1) is 0 Å². The van der Waals surface area contributed by atoms with Crippen LogP contribution >= 0.6 is 0 Å². The minimum atomic E-state index is -0.544. The number of amides is 2.